The Morgan fingerprint density at radius 1 is 1.23 bits per heavy atom. The summed E-state index contributed by atoms with van der Waals surface area (Å²) in [7, 11) is 1.46. The fraction of sp³-hybridized carbons (Fsp3) is 0.0714. The van der Waals surface area contributed by atoms with E-state index in [4.69, 9.17) is 4.74 Å². The topological polar surface area (TPSA) is 94.8 Å². The van der Waals surface area contributed by atoms with Crippen molar-refractivity contribution in [3.05, 3.63) is 55.0 Å². The monoisotopic (exact) mass is 296 g/mol. The molecule has 0 fully saturated rings. The van der Waals surface area contributed by atoms with Crippen LogP contribution in [0.3, 0.4) is 0 Å². The number of hydrogen-bond donors (Lipinski definition) is 1. The Bertz CT molecular complexity index is 770. The largest absolute Gasteiger partial charge is 0.480 e. The molecule has 3 aromatic rings. The SMILES string of the molecule is COc1ncccc1C(=O)Nc1cnc(-n2ccnc2)nc1. The van der Waals surface area contributed by atoms with E-state index in [2.05, 4.69) is 25.3 Å². The van der Waals surface area contributed by atoms with Gasteiger partial charge in [-0.15, -0.1) is 0 Å². The van der Waals surface area contributed by atoms with E-state index in [1.54, 1.807) is 41.6 Å². The van der Waals surface area contributed by atoms with Crippen molar-refractivity contribution in [3.8, 4) is 11.8 Å². The molecule has 0 aromatic carbocycles. The first-order valence-corrected chi connectivity index (χ1v) is 6.38. The molecule has 3 rings (SSSR count). The average Bonchev–Trinajstić information content (AvgIpc) is 3.10. The van der Waals surface area contributed by atoms with Crippen molar-refractivity contribution in [2.75, 3.05) is 12.4 Å². The Morgan fingerprint density at radius 3 is 2.73 bits per heavy atom. The fourth-order valence-electron chi connectivity index (χ4n) is 1.82. The lowest BCUT2D eigenvalue weighted by Crippen LogP contribution is -2.14. The summed E-state index contributed by atoms with van der Waals surface area (Å²) in [6.45, 7) is 0. The Labute approximate surface area is 125 Å². The molecule has 0 aliphatic carbocycles. The van der Waals surface area contributed by atoms with Crippen molar-refractivity contribution in [2.24, 2.45) is 0 Å². The Kier molecular flexibility index (Phi) is 3.73. The van der Waals surface area contributed by atoms with Crippen molar-refractivity contribution in [3.63, 3.8) is 0 Å². The maximum Gasteiger partial charge on any atom is 0.261 e. The van der Waals surface area contributed by atoms with Crippen LogP contribution in [-0.4, -0.2) is 37.5 Å². The summed E-state index contributed by atoms with van der Waals surface area (Å²) in [4.78, 5) is 28.4. The van der Waals surface area contributed by atoms with E-state index in [9.17, 15) is 4.79 Å². The molecule has 0 unspecified atom stereocenters. The number of carbonyl (C=O) groups excluding carboxylic acids is 1. The quantitative estimate of drug-likeness (QED) is 0.780. The van der Waals surface area contributed by atoms with Crippen LogP contribution >= 0.6 is 0 Å². The Morgan fingerprint density at radius 2 is 2.05 bits per heavy atom. The van der Waals surface area contributed by atoms with Gasteiger partial charge in [0.2, 0.25) is 11.8 Å². The third-order valence-corrected chi connectivity index (χ3v) is 2.84. The fourth-order valence-corrected chi connectivity index (χ4v) is 1.82. The van der Waals surface area contributed by atoms with Crippen LogP contribution in [0.5, 0.6) is 5.88 Å². The van der Waals surface area contributed by atoms with Crippen LogP contribution < -0.4 is 10.1 Å². The van der Waals surface area contributed by atoms with Crippen molar-refractivity contribution >= 4 is 11.6 Å². The van der Waals surface area contributed by atoms with Crippen molar-refractivity contribution in [1.82, 2.24) is 24.5 Å². The molecular weight excluding hydrogens is 284 g/mol. The minimum atomic E-state index is -0.344. The molecule has 0 bridgehead atoms. The van der Waals surface area contributed by atoms with Gasteiger partial charge >= 0.3 is 0 Å². The molecule has 3 heterocycles. The van der Waals surface area contributed by atoms with Gasteiger partial charge in [0.05, 0.1) is 25.2 Å². The number of nitrogens with one attached hydrogen (secondary N) is 1. The van der Waals surface area contributed by atoms with Gasteiger partial charge in [-0.1, -0.05) is 0 Å². The Balaban J connectivity index is 1.77. The van der Waals surface area contributed by atoms with E-state index < -0.39 is 0 Å². The zero-order valence-electron chi connectivity index (χ0n) is 11.7. The van der Waals surface area contributed by atoms with Gasteiger partial charge in [0, 0.05) is 18.6 Å². The lowest BCUT2D eigenvalue weighted by Gasteiger charge is -2.08. The summed E-state index contributed by atoms with van der Waals surface area (Å²) in [5.41, 5.74) is 0.809. The highest BCUT2D eigenvalue weighted by atomic mass is 16.5. The standard InChI is InChI=1S/C14H12N6O2/c1-22-13-11(3-2-4-16-13)12(21)19-10-7-17-14(18-8-10)20-6-5-15-9-20/h2-9H,1H3,(H,19,21). The zero-order valence-corrected chi connectivity index (χ0v) is 11.7. The van der Waals surface area contributed by atoms with Crippen LogP contribution in [0.1, 0.15) is 10.4 Å². The van der Waals surface area contributed by atoms with Gasteiger partial charge in [-0.05, 0) is 12.1 Å². The van der Waals surface area contributed by atoms with Gasteiger partial charge in [-0.2, -0.15) is 0 Å². The zero-order chi connectivity index (χ0) is 15.4. The third-order valence-electron chi connectivity index (χ3n) is 2.84. The van der Waals surface area contributed by atoms with Gasteiger partial charge in [-0.3, -0.25) is 9.36 Å². The number of nitrogens with zero attached hydrogens (tertiary/aromatic N) is 5. The number of carbonyl (C=O) groups is 1. The highest BCUT2D eigenvalue weighted by Gasteiger charge is 2.13. The summed E-state index contributed by atoms with van der Waals surface area (Å²) in [5, 5.41) is 2.70. The number of methoxy groups -OCH3 is 1. The molecule has 0 saturated heterocycles. The molecule has 1 amide bonds. The number of rotatable bonds is 4. The normalized spacial score (nSPS) is 10.2. The number of imidazole rings is 1. The molecule has 22 heavy (non-hydrogen) atoms. The lowest BCUT2D eigenvalue weighted by molar-refractivity contribution is 0.102. The first-order valence-electron chi connectivity index (χ1n) is 6.38. The highest BCUT2D eigenvalue weighted by molar-refractivity contribution is 6.05. The molecule has 110 valence electrons. The average molecular weight is 296 g/mol. The van der Waals surface area contributed by atoms with E-state index in [0.29, 0.717) is 17.2 Å². The van der Waals surface area contributed by atoms with Gasteiger partial charge in [0.15, 0.2) is 0 Å². The molecule has 0 radical (unpaired) electrons. The first-order chi connectivity index (χ1) is 10.8. The number of pyridine rings is 1. The van der Waals surface area contributed by atoms with E-state index in [1.165, 1.54) is 19.5 Å². The van der Waals surface area contributed by atoms with E-state index in [1.807, 2.05) is 0 Å². The number of amides is 1. The van der Waals surface area contributed by atoms with Crippen molar-refractivity contribution in [2.45, 2.75) is 0 Å². The third kappa shape index (κ3) is 2.75. The van der Waals surface area contributed by atoms with Crippen LogP contribution in [0, 0.1) is 0 Å². The summed E-state index contributed by atoms with van der Waals surface area (Å²) in [6, 6.07) is 3.29. The summed E-state index contributed by atoms with van der Waals surface area (Å²) in [6.07, 6.45) is 9.54. The minimum absolute atomic E-state index is 0.260. The lowest BCUT2D eigenvalue weighted by atomic mass is 10.2. The van der Waals surface area contributed by atoms with E-state index in [0.717, 1.165) is 0 Å². The van der Waals surface area contributed by atoms with Crippen molar-refractivity contribution in [1.29, 1.82) is 0 Å². The second-order valence-electron chi connectivity index (χ2n) is 4.26. The maximum absolute atomic E-state index is 12.2. The molecule has 0 spiro atoms. The van der Waals surface area contributed by atoms with Crippen molar-refractivity contribution < 1.29 is 9.53 Å². The second kappa shape index (κ2) is 6.00. The molecular formula is C14H12N6O2. The molecule has 1 N–H and O–H groups in total. The predicted molar refractivity (Wildman–Crippen MR) is 77.9 cm³/mol. The van der Waals surface area contributed by atoms with E-state index >= 15 is 0 Å². The first kappa shape index (κ1) is 13.7. The molecule has 0 saturated carbocycles. The molecule has 0 atom stereocenters. The Hall–Kier alpha value is -3.29. The number of anilines is 1. The van der Waals surface area contributed by atoms with E-state index in [-0.39, 0.29) is 11.8 Å². The van der Waals surface area contributed by atoms with Crippen LogP contribution in [0.4, 0.5) is 5.69 Å². The van der Waals surface area contributed by atoms with Gasteiger partial charge in [0.25, 0.3) is 5.91 Å². The van der Waals surface area contributed by atoms with Crippen LogP contribution in [0.2, 0.25) is 0 Å². The molecule has 3 aromatic heterocycles. The highest BCUT2D eigenvalue weighted by Crippen LogP contribution is 2.15. The molecule has 0 aliphatic rings. The van der Waals surface area contributed by atoms with Crippen LogP contribution in [0.25, 0.3) is 5.95 Å². The summed E-state index contributed by atoms with van der Waals surface area (Å²) < 4.78 is 6.72. The smallest absolute Gasteiger partial charge is 0.261 e. The molecule has 0 aliphatic heterocycles. The number of aromatic nitrogens is 5. The minimum Gasteiger partial charge on any atom is -0.480 e. The van der Waals surface area contributed by atoms with Crippen LogP contribution in [0.15, 0.2) is 49.4 Å². The van der Waals surface area contributed by atoms with Gasteiger partial charge in [-0.25, -0.2) is 19.9 Å². The summed E-state index contributed by atoms with van der Waals surface area (Å²) in [5.74, 6) is 0.384. The molecule has 8 nitrogen and oxygen atoms in total. The maximum atomic E-state index is 12.2. The predicted octanol–water partition coefficient (Wildman–Crippen LogP) is 1.32. The number of ether oxygens (including phenoxy) is 1. The second-order valence-corrected chi connectivity index (χ2v) is 4.26. The molecule has 8 heteroatoms. The number of hydrogen-bond acceptors (Lipinski definition) is 6. The van der Waals surface area contributed by atoms with Crippen LogP contribution in [-0.2, 0) is 0 Å². The van der Waals surface area contributed by atoms with Gasteiger partial charge in [0.1, 0.15) is 11.9 Å². The summed E-state index contributed by atoms with van der Waals surface area (Å²) >= 11 is 0. The van der Waals surface area contributed by atoms with Gasteiger partial charge < -0.3 is 10.1 Å².